The molecule has 0 bridgehead atoms. The highest BCUT2D eigenvalue weighted by atomic mass is 16.5. The molecule has 0 aliphatic carbocycles. The largest absolute Gasteiger partial charge is 0.489 e. The van der Waals surface area contributed by atoms with Crippen molar-refractivity contribution in [2.75, 3.05) is 55.7 Å². The fraction of sp³-hybridized carbons (Fsp3) is 0.159. The van der Waals surface area contributed by atoms with E-state index < -0.39 is 0 Å². The summed E-state index contributed by atoms with van der Waals surface area (Å²) >= 11 is 0. The second-order valence-electron chi connectivity index (χ2n) is 19.5. The first-order valence-corrected chi connectivity index (χ1v) is 29.0. The van der Waals surface area contributed by atoms with Crippen molar-refractivity contribution >= 4 is 93.8 Å². The first-order chi connectivity index (χ1) is 44.6. The van der Waals surface area contributed by atoms with Gasteiger partial charge in [0.05, 0.1) is 0 Å². The molecule has 9 aromatic rings. The van der Waals surface area contributed by atoms with Crippen LogP contribution in [0.3, 0.4) is 0 Å². The fourth-order valence-corrected chi connectivity index (χ4v) is 7.65. The summed E-state index contributed by atoms with van der Waals surface area (Å²) in [5, 5.41) is 21.2. The molecule has 472 valence electrons. The lowest BCUT2D eigenvalue weighted by Crippen LogP contribution is -2.22. The molecule has 9 rings (SSSR count). The van der Waals surface area contributed by atoms with E-state index >= 15 is 0 Å². The Morgan fingerprint density at radius 1 is 0.315 bits per heavy atom. The number of para-hydroxylation sites is 2. The monoisotopic (exact) mass is 1240 g/mol. The van der Waals surface area contributed by atoms with Gasteiger partial charge in [0.2, 0.25) is 23.6 Å². The Kier molecular flexibility index (Phi) is 28.6. The molecule has 8 amide bonds. The van der Waals surface area contributed by atoms with Crippen molar-refractivity contribution in [1.29, 1.82) is 0 Å². The first kappa shape index (κ1) is 69.0. The molecule has 0 unspecified atom stereocenters. The summed E-state index contributed by atoms with van der Waals surface area (Å²) in [6, 6.07) is 63.7. The smallest absolute Gasteiger partial charge is 0.263 e. The van der Waals surface area contributed by atoms with E-state index in [4.69, 9.17) is 14.2 Å². The molecule has 8 N–H and O–H groups in total. The molecular formula is C69H70N12O11. The predicted molar refractivity (Wildman–Crippen MR) is 353 cm³/mol. The standard InChI is InChI=1S/C26H21N3O3.C21H19N3O4.C13H19N3O2.C9H11N3O2/c30-25(20-12-6-2-7-13-20)28-23-16-22(32-18-19-10-4-1-5-11-19)17-24(27-23)29-26(31)21-14-8-3-9-15-21;25-20(14-27-16-8-3-1-4-9-16)23-18-12-7-13-19(22-18)24-21(26)15-28-17-10-5-2-6-11-17;1-3-6-12(17)15-10-8-5-9-11(14-10)16-13(18)7-4-2;1-6(13)10-8-4-3-5-9(12-8)11-7(2)14/h1-17H,18H2,(H2,27,28,29,30,31);1-13H,14-15H2,(H2,22,23,24,25,26);5,8-9H,3-4,6-7H2,1-2H3,(H2,14,15,16,17,18);3-5H,1-2H3,(H2,10,11,12,13,14). The fourth-order valence-electron chi connectivity index (χ4n) is 7.65. The van der Waals surface area contributed by atoms with Crippen molar-refractivity contribution in [2.24, 2.45) is 0 Å². The summed E-state index contributed by atoms with van der Waals surface area (Å²) in [5.74, 6) is 2.74. The first-order valence-electron chi connectivity index (χ1n) is 29.0. The molecule has 23 nitrogen and oxygen atoms in total. The van der Waals surface area contributed by atoms with E-state index in [0.29, 0.717) is 82.7 Å². The van der Waals surface area contributed by atoms with E-state index in [9.17, 15) is 38.4 Å². The lowest BCUT2D eigenvalue weighted by atomic mass is 10.2. The number of amides is 8. The van der Waals surface area contributed by atoms with E-state index in [0.717, 1.165) is 18.4 Å². The zero-order valence-electron chi connectivity index (χ0n) is 51.0. The zero-order chi connectivity index (χ0) is 65.7. The van der Waals surface area contributed by atoms with E-state index in [1.807, 2.05) is 92.7 Å². The van der Waals surface area contributed by atoms with Crippen LogP contribution in [-0.4, -0.2) is 80.4 Å². The third-order valence-electron chi connectivity index (χ3n) is 11.7. The van der Waals surface area contributed by atoms with Crippen LogP contribution in [0, 0.1) is 0 Å². The number of carbonyl (C=O) groups excluding carboxylic acids is 8. The van der Waals surface area contributed by atoms with Crippen LogP contribution in [0.25, 0.3) is 0 Å². The average molecular weight is 1240 g/mol. The van der Waals surface area contributed by atoms with Crippen LogP contribution in [0.5, 0.6) is 17.2 Å². The van der Waals surface area contributed by atoms with Crippen molar-refractivity contribution in [2.45, 2.75) is 60.0 Å². The highest BCUT2D eigenvalue weighted by molar-refractivity contribution is 6.05. The molecule has 23 heteroatoms. The Balaban J connectivity index is 0.000000204. The number of anilines is 8. The van der Waals surface area contributed by atoms with Crippen LogP contribution in [0.1, 0.15) is 79.7 Å². The SMILES string of the molecule is CC(=O)Nc1cccc(NC(C)=O)n1.CCCC(=O)Nc1cccc(NC(=O)CCC)n1.O=C(COc1ccccc1)Nc1cccc(NC(=O)COc2ccccc2)n1.O=C(Nc1cc(OCc2ccccc2)cc(NC(=O)c2ccccc2)n1)c1ccccc1. The van der Waals surface area contributed by atoms with Crippen LogP contribution in [-0.2, 0) is 35.4 Å². The second kappa shape index (κ2) is 38.2. The molecule has 0 aliphatic rings. The summed E-state index contributed by atoms with van der Waals surface area (Å²) in [6.45, 7) is 6.71. The quantitative estimate of drug-likeness (QED) is 0.0295. The Labute approximate surface area is 532 Å². The Hall–Kier alpha value is -12.1. The normalized spacial score (nSPS) is 9.96. The van der Waals surface area contributed by atoms with E-state index in [-0.39, 0.29) is 72.1 Å². The van der Waals surface area contributed by atoms with Gasteiger partial charge in [-0.15, -0.1) is 0 Å². The second-order valence-corrected chi connectivity index (χ2v) is 19.5. The molecule has 0 radical (unpaired) electrons. The number of aromatic nitrogens is 4. The van der Waals surface area contributed by atoms with Gasteiger partial charge in [-0.05, 0) is 103 Å². The van der Waals surface area contributed by atoms with Gasteiger partial charge in [0.25, 0.3) is 23.6 Å². The van der Waals surface area contributed by atoms with Crippen LogP contribution in [0.15, 0.2) is 218 Å². The minimum atomic E-state index is -0.354. The lowest BCUT2D eigenvalue weighted by Gasteiger charge is -2.12. The summed E-state index contributed by atoms with van der Waals surface area (Å²) in [7, 11) is 0. The number of rotatable bonds is 23. The summed E-state index contributed by atoms with van der Waals surface area (Å²) < 4.78 is 16.7. The molecule has 4 heterocycles. The number of hydrogen-bond acceptors (Lipinski definition) is 15. The van der Waals surface area contributed by atoms with Crippen LogP contribution < -0.4 is 56.7 Å². The minimum absolute atomic E-state index is 0.0676. The van der Waals surface area contributed by atoms with Crippen molar-refractivity contribution in [1.82, 2.24) is 19.9 Å². The van der Waals surface area contributed by atoms with E-state index in [2.05, 4.69) is 62.5 Å². The Morgan fingerprint density at radius 3 is 0.957 bits per heavy atom. The summed E-state index contributed by atoms with van der Waals surface area (Å²) in [6.07, 6.45) is 2.51. The number of pyridine rings is 4. The number of nitrogens with one attached hydrogen (secondary N) is 8. The van der Waals surface area contributed by atoms with Crippen molar-refractivity contribution in [3.63, 3.8) is 0 Å². The van der Waals surface area contributed by atoms with Gasteiger partial charge in [-0.3, -0.25) is 38.4 Å². The van der Waals surface area contributed by atoms with Gasteiger partial charge >= 0.3 is 0 Å². The molecule has 4 aromatic heterocycles. The minimum Gasteiger partial charge on any atom is -0.489 e. The average Bonchev–Trinajstić information content (AvgIpc) is 1.12. The molecular weight excluding hydrogens is 1170 g/mol. The third-order valence-corrected chi connectivity index (χ3v) is 11.7. The topological polar surface area (TPSA) is 312 Å². The number of carbonyl (C=O) groups is 8. The van der Waals surface area contributed by atoms with Gasteiger partial charge in [0.1, 0.15) is 70.4 Å². The van der Waals surface area contributed by atoms with E-state index in [1.165, 1.54) is 13.8 Å². The van der Waals surface area contributed by atoms with Crippen molar-refractivity contribution in [3.8, 4) is 17.2 Å². The van der Waals surface area contributed by atoms with Crippen molar-refractivity contribution < 1.29 is 52.6 Å². The highest BCUT2D eigenvalue weighted by Crippen LogP contribution is 2.24. The summed E-state index contributed by atoms with van der Waals surface area (Å²) in [4.78, 5) is 110. The van der Waals surface area contributed by atoms with Crippen molar-refractivity contribution in [3.05, 3.63) is 235 Å². The predicted octanol–water partition coefficient (Wildman–Crippen LogP) is 11.8. The molecule has 92 heavy (non-hydrogen) atoms. The van der Waals surface area contributed by atoms with Gasteiger partial charge in [0.15, 0.2) is 13.2 Å². The molecule has 0 fully saturated rings. The van der Waals surface area contributed by atoms with Gasteiger partial charge < -0.3 is 56.7 Å². The number of ether oxygens (including phenoxy) is 3. The van der Waals surface area contributed by atoms with Crippen LogP contribution >= 0.6 is 0 Å². The maximum atomic E-state index is 12.6. The highest BCUT2D eigenvalue weighted by Gasteiger charge is 2.14. The van der Waals surface area contributed by atoms with Gasteiger partial charge in [-0.1, -0.05) is 135 Å². The molecule has 0 atom stereocenters. The maximum Gasteiger partial charge on any atom is 0.263 e. The Morgan fingerprint density at radius 2 is 0.620 bits per heavy atom. The molecule has 0 spiro atoms. The van der Waals surface area contributed by atoms with Gasteiger partial charge in [0, 0.05) is 49.9 Å². The van der Waals surface area contributed by atoms with Crippen LogP contribution in [0.4, 0.5) is 46.5 Å². The van der Waals surface area contributed by atoms with Gasteiger partial charge in [-0.2, -0.15) is 0 Å². The molecule has 0 saturated heterocycles. The van der Waals surface area contributed by atoms with Crippen LogP contribution in [0.2, 0.25) is 0 Å². The summed E-state index contributed by atoms with van der Waals surface area (Å²) in [5.41, 5.74) is 1.99. The molecule has 5 aromatic carbocycles. The Bertz CT molecular complexity index is 3620. The number of benzene rings is 5. The molecule has 0 saturated carbocycles. The lowest BCUT2D eigenvalue weighted by molar-refractivity contribution is -0.118. The number of hydrogen-bond donors (Lipinski definition) is 8. The zero-order valence-corrected chi connectivity index (χ0v) is 51.0. The van der Waals surface area contributed by atoms with E-state index in [1.54, 1.807) is 140 Å². The third kappa shape index (κ3) is 26.9. The molecule has 0 aliphatic heterocycles. The van der Waals surface area contributed by atoms with Gasteiger partial charge in [-0.25, -0.2) is 19.9 Å². The maximum absolute atomic E-state index is 12.6. The number of nitrogens with zero attached hydrogens (tertiary/aromatic N) is 4.